The average Bonchev–Trinajstić information content (AvgIpc) is 3.57. The molecule has 1 aliphatic heterocycles. The molecule has 1 aromatic heterocycles. The summed E-state index contributed by atoms with van der Waals surface area (Å²) in [5.41, 5.74) is 2.45. The van der Waals surface area contributed by atoms with Crippen LogP contribution in [-0.2, 0) is 9.59 Å². The summed E-state index contributed by atoms with van der Waals surface area (Å²) < 4.78 is 17.1. The minimum atomic E-state index is -0.527. The number of furan rings is 1. The highest BCUT2D eigenvalue weighted by Gasteiger charge is 2.17. The van der Waals surface area contributed by atoms with E-state index < -0.39 is 11.8 Å². The fraction of sp³-hybridized carbons (Fsp3) is 0.0833. The summed E-state index contributed by atoms with van der Waals surface area (Å²) in [7, 11) is 0. The molecule has 0 aliphatic carbocycles. The van der Waals surface area contributed by atoms with Crippen LogP contribution in [0, 0.1) is 0 Å². The first kappa shape index (κ1) is 30.3. The predicted molar refractivity (Wildman–Crippen MR) is 178 cm³/mol. The Hall–Kier alpha value is -5.74. The Labute approximate surface area is 269 Å². The van der Waals surface area contributed by atoms with Gasteiger partial charge in [-0.15, -0.1) is 11.8 Å². The third-order valence-corrected chi connectivity index (χ3v) is 7.82. The average molecular weight is 632 g/mol. The number of anilines is 2. The molecule has 46 heavy (non-hydrogen) atoms. The second-order valence-corrected chi connectivity index (χ2v) is 11.2. The number of fused-ring (bicyclic) bond motifs is 1. The van der Waals surface area contributed by atoms with Gasteiger partial charge in [-0.25, -0.2) is 0 Å². The highest BCUT2D eigenvalue weighted by Crippen LogP contribution is 2.33. The number of rotatable bonds is 10. The smallest absolute Gasteiger partial charge is 0.272 e. The van der Waals surface area contributed by atoms with Gasteiger partial charge in [0.2, 0.25) is 5.91 Å². The van der Waals surface area contributed by atoms with Crippen LogP contribution in [-0.4, -0.2) is 36.7 Å². The molecule has 2 heterocycles. The number of nitrogens with one attached hydrogen (secondary N) is 3. The molecule has 0 spiro atoms. The Morgan fingerprint density at radius 3 is 2.17 bits per heavy atom. The zero-order valence-electron chi connectivity index (χ0n) is 24.5. The molecular weight excluding hydrogens is 602 g/mol. The van der Waals surface area contributed by atoms with Crippen molar-refractivity contribution in [3.05, 3.63) is 132 Å². The molecule has 3 amide bonds. The van der Waals surface area contributed by atoms with Crippen LogP contribution in [0.1, 0.15) is 16.1 Å². The summed E-state index contributed by atoms with van der Waals surface area (Å²) in [6.45, 7) is 0.970. The molecule has 0 radical (unpaired) electrons. The number of carbonyl (C=O) groups excluding carboxylic acids is 3. The van der Waals surface area contributed by atoms with E-state index in [-0.39, 0.29) is 17.4 Å². The molecule has 5 aromatic rings. The van der Waals surface area contributed by atoms with Gasteiger partial charge >= 0.3 is 0 Å². The van der Waals surface area contributed by atoms with Crippen LogP contribution < -0.4 is 25.4 Å². The van der Waals surface area contributed by atoms with Gasteiger partial charge in [-0.2, -0.15) is 0 Å². The second-order valence-electron chi connectivity index (χ2n) is 10.1. The molecule has 9 nitrogen and oxygen atoms in total. The minimum Gasteiger partial charge on any atom is -0.486 e. The van der Waals surface area contributed by atoms with Crippen LogP contribution in [0.15, 0.2) is 130 Å². The lowest BCUT2D eigenvalue weighted by atomic mass is 10.2. The molecule has 1 aliphatic rings. The SMILES string of the molecule is O=C(CSc1ccc(NC(=O)/C(=C\c2ccc(-c3ccccc3)o2)NC(=O)c2ccccc2)cc1)Nc1ccc2c(c1)OCCO2. The highest BCUT2D eigenvalue weighted by atomic mass is 32.2. The van der Waals surface area contributed by atoms with E-state index in [9.17, 15) is 14.4 Å². The molecule has 0 fully saturated rings. The lowest BCUT2D eigenvalue weighted by molar-refractivity contribution is -0.114. The first-order valence-electron chi connectivity index (χ1n) is 14.5. The van der Waals surface area contributed by atoms with E-state index in [1.165, 1.54) is 17.8 Å². The van der Waals surface area contributed by atoms with Crippen molar-refractivity contribution in [2.24, 2.45) is 0 Å². The van der Waals surface area contributed by atoms with Gasteiger partial charge < -0.3 is 29.8 Å². The molecule has 3 N–H and O–H groups in total. The summed E-state index contributed by atoms with van der Waals surface area (Å²) in [4.78, 5) is 39.8. The fourth-order valence-corrected chi connectivity index (χ4v) is 5.27. The number of amides is 3. The first-order valence-corrected chi connectivity index (χ1v) is 15.5. The summed E-state index contributed by atoms with van der Waals surface area (Å²) in [6.07, 6.45) is 1.49. The Kier molecular flexibility index (Phi) is 9.46. The van der Waals surface area contributed by atoms with Crippen LogP contribution in [0.3, 0.4) is 0 Å². The number of hydrogen-bond donors (Lipinski definition) is 3. The van der Waals surface area contributed by atoms with Crippen molar-refractivity contribution in [2.75, 3.05) is 29.6 Å². The largest absolute Gasteiger partial charge is 0.486 e. The second kappa shape index (κ2) is 14.4. The molecule has 0 bridgehead atoms. The Balaban J connectivity index is 1.10. The van der Waals surface area contributed by atoms with E-state index in [1.807, 2.05) is 54.6 Å². The lowest BCUT2D eigenvalue weighted by Gasteiger charge is -2.19. The van der Waals surface area contributed by atoms with Crippen molar-refractivity contribution in [1.82, 2.24) is 5.32 Å². The Bertz CT molecular complexity index is 1870. The maximum atomic E-state index is 13.4. The summed E-state index contributed by atoms with van der Waals surface area (Å²) >= 11 is 1.36. The van der Waals surface area contributed by atoms with E-state index in [0.717, 1.165) is 10.5 Å². The van der Waals surface area contributed by atoms with Gasteiger partial charge in [0, 0.05) is 39.5 Å². The number of hydrogen-bond acceptors (Lipinski definition) is 7. The van der Waals surface area contributed by atoms with E-state index >= 15 is 0 Å². The van der Waals surface area contributed by atoms with Crippen LogP contribution in [0.25, 0.3) is 17.4 Å². The quantitative estimate of drug-likeness (QED) is 0.114. The molecule has 4 aromatic carbocycles. The predicted octanol–water partition coefficient (Wildman–Crippen LogP) is 6.86. The van der Waals surface area contributed by atoms with E-state index in [4.69, 9.17) is 13.9 Å². The van der Waals surface area contributed by atoms with Gasteiger partial charge in [-0.1, -0.05) is 48.5 Å². The standard InChI is InChI=1S/C36H29N3O6S/c40-34(37-27-13-17-32-33(21-27)44-20-19-43-32)23-46-29-15-11-26(12-16-29)38-36(42)30(39-35(41)25-9-5-2-6-10-25)22-28-14-18-31(45-28)24-7-3-1-4-8-24/h1-18,21-22H,19-20,23H2,(H,37,40)(H,38,42)(H,39,41)/b30-22+. The van der Waals surface area contributed by atoms with Crippen molar-refractivity contribution in [3.8, 4) is 22.8 Å². The molecule has 0 saturated carbocycles. The van der Waals surface area contributed by atoms with E-state index in [2.05, 4.69) is 16.0 Å². The van der Waals surface area contributed by atoms with Gasteiger partial charge in [0.05, 0.1) is 5.75 Å². The van der Waals surface area contributed by atoms with Gasteiger partial charge in [-0.3, -0.25) is 14.4 Å². The molecule has 230 valence electrons. The fourth-order valence-electron chi connectivity index (χ4n) is 4.57. The number of ether oxygens (including phenoxy) is 2. The van der Waals surface area contributed by atoms with Crippen LogP contribution in [0.5, 0.6) is 11.5 Å². The van der Waals surface area contributed by atoms with Gasteiger partial charge in [0.1, 0.15) is 30.4 Å². The van der Waals surface area contributed by atoms with Crippen molar-refractivity contribution in [2.45, 2.75) is 4.90 Å². The molecule has 0 saturated heterocycles. The number of benzene rings is 4. The third kappa shape index (κ3) is 7.85. The van der Waals surface area contributed by atoms with Gasteiger partial charge in [-0.05, 0) is 60.7 Å². The van der Waals surface area contributed by atoms with Crippen LogP contribution >= 0.6 is 11.8 Å². The maximum Gasteiger partial charge on any atom is 0.272 e. The van der Waals surface area contributed by atoms with E-state index in [1.54, 1.807) is 60.7 Å². The number of carbonyl (C=O) groups is 3. The number of thioether (sulfide) groups is 1. The Morgan fingerprint density at radius 2 is 1.41 bits per heavy atom. The van der Waals surface area contributed by atoms with Crippen LogP contribution in [0.2, 0.25) is 0 Å². The zero-order valence-corrected chi connectivity index (χ0v) is 25.3. The lowest BCUT2D eigenvalue weighted by Crippen LogP contribution is -2.30. The molecular formula is C36H29N3O6S. The normalized spacial score (nSPS) is 12.2. The zero-order chi connectivity index (χ0) is 31.7. The molecule has 6 rings (SSSR count). The maximum absolute atomic E-state index is 13.4. The monoisotopic (exact) mass is 631 g/mol. The third-order valence-electron chi connectivity index (χ3n) is 6.81. The minimum absolute atomic E-state index is 0.0112. The first-order chi connectivity index (χ1) is 22.5. The summed E-state index contributed by atoms with van der Waals surface area (Å²) in [5, 5.41) is 8.42. The van der Waals surface area contributed by atoms with Crippen molar-refractivity contribution >= 4 is 46.9 Å². The molecule has 0 unspecified atom stereocenters. The molecule has 10 heteroatoms. The highest BCUT2D eigenvalue weighted by molar-refractivity contribution is 8.00. The van der Waals surface area contributed by atoms with Gasteiger partial charge in [0.25, 0.3) is 11.8 Å². The van der Waals surface area contributed by atoms with Crippen molar-refractivity contribution in [3.63, 3.8) is 0 Å². The summed E-state index contributed by atoms with van der Waals surface area (Å²) in [6, 6.07) is 34.1. The van der Waals surface area contributed by atoms with Crippen molar-refractivity contribution < 1.29 is 28.3 Å². The molecule has 0 atom stereocenters. The van der Waals surface area contributed by atoms with Crippen molar-refractivity contribution in [1.29, 1.82) is 0 Å². The topological polar surface area (TPSA) is 119 Å². The van der Waals surface area contributed by atoms with Gasteiger partial charge in [0.15, 0.2) is 11.5 Å². The Morgan fingerprint density at radius 1 is 0.717 bits per heavy atom. The summed E-state index contributed by atoms with van der Waals surface area (Å²) in [5.74, 6) is 1.36. The van der Waals surface area contributed by atoms with Crippen LogP contribution in [0.4, 0.5) is 11.4 Å². The van der Waals surface area contributed by atoms with E-state index in [0.29, 0.717) is 53.2 Å².